The van der Waals surface area contributed by atoms with Gasteiger partial charge in [0.25, 0.3) is 0 Å². The summed E-state index contributed by atoms with van der Waals surface area (Å²) in [5, 5.41) is 0. The quantitative estimate of drug-likeness (QED) is 0.615. The minimum atomic E-state index is -3.08. The number of rotatable bonds is 7. The molecule has 0 radical (unpaired) electrons. The molecule has 7 heteroatoms. The summed E-state index contributed by atoms with van der Waals surface area (Å²) in [5.41, 5.74) is 6.23. The summed E-state index contributed by atoms with van der Waals surface area (Å²) in [7, 11) is 1.70. The molecule has 1 aromatic carbocycles. The number of ether oxygens (including phenoxy) is 2. The minimum absolute atomic E-state index is 0.151. The van der Waals surface area contributed by atoms with Crippen LogP contribution in [0.25, 0.3) is 0 Å². The molecular formula is C12H17F3N2O2. The van der Waals surface area contributed by atoms with Gasteiger partial charge in [-0.3, -0.25) is 0 Å². The first kappa shape index (κ1) is 15.4. The van der Waals surface area contributed by atoms with E-state index in [0.29, 0.717) is 25.4 Å². The third-order valence-corrected chi connectivity index (χ3v) is 2.48. The maximum Gasteiger partial charge on any atom is 0.387 e. The van der Waals surface area contributed by atoms with Crippen molar-refractivity contribution in [2.75, 3.05) is 37.4 Å². The first-order valence-corrected chi connectivity index (χ1v) is 5.78. The van der Waals surface area contributed by atoms with Gasteiger partial charge in [-0.1, -0.05) is 0 Å². The van der Waals surface area contributed by atoms with E-state index in [1.165, 1.54) is 0 Å². The fourth-order valence-corrected chi connectivity index (χ4v) is 1.54. The molecule has 1 aromatic rings. The van der Waals surface area contributed by atoms with E-state index in [9.17, 15) is 13.2 Å². The Morgan fingerprint density at radius 1 is 1.37 bits per heavy atom. The molecule has 0 aliphatic carbocycles. The van der Waals surface area contributed by atoms with Gasteiger partial charge < -0.3 is 20.1 Å². The number of anilines is 2. The van der Waals surface area contributed by atoms with Crippen molar-refractivity contribution in [1.82, 2.24) is 0 Å². The predicted octanol–water partition coefficient (Wildman–Crippen LogP) is 2.48. The lowest BCUT2D eigenvalue weighted by Crippen LogP contribution is -2.23. The van der Waals surface area contributed by atoms with Gasteiger partial charge in [-0.05, 0) is 6.92 Å². The van der Waals surface area contributed by atoms with Gasteiger partial charge in [0.2, 0.25) is 0 Å². The van der Waals surface area contributed by atoms with Crippen molar-refractivity contribution in [2.24, 2.45) is 0 Å². The van der Waals surface area contributed by atoms with E-state index in [1.54, 1.807) is 11.9 Å². The summed E-state index contributed by atoms with van der Waals surface area (Å²) in [6, 6.07) is 2.12. The number of nitrogens with two attached hydrogens (primary N) is 1. The zero-order valence-electron chi connectivity index (χ0n) is 10.8. The van der Waals surface area contributed by atoms with E-state index >= 15 is 0 Å². The van der Waals surface area contributed by atoms with Gasteiger partial charge in [0.05, 0.1) is 18.0 Å². The van der Waals surface area contributed by atoms with Crippen molar-refractivity contribution >= 4 is 11.4 Å². The van der Waals surface area contributed by atoms with E-state index in [1.807, 2.05) is 6.92 Å². The van der Waals surface area contributed by atoms with Crippen LogP contribution in [0.2, 0.25) is 0 Å². The van der Waals surface area contributed by atoms with Gasteiger partial charge >= 0.3 is 6.61 Å². The number of benzene rings is 1. The van der Waals surface area contributed by atoms with Gasteiger partial charge in [-0.25, -0.2) is 4.39 Å². The van der Waals surface area contributed by atoms with E-state index in [-0.39, 0.29) is 5.69 Å². The molecular weight excluding hydrogens is 261 g/mol. The number of hydrogen-bond acceptors (Lipinski definition) is 4. The van der Waals surface area contributed by atoms with Crippen LogP contribution in [0.15, 0.2) is 12.1 Å². The van der Waals surface area contributed by atoms with Crippen molar-refractivity contribution in [1.29, 1.82) is 0 Å². The first-order chi connectivity index (χ1) is 8.95. The van der Waals surface area contributed by atoms with Crippen molar-refractivity contribution in [3.63, 3.8) is 0 Å². The second kappa shape index (κ2) is 7.08. The lowest BCUT2D eigenvalue weighted by Gasteiger charge is -2.22. The number of nitrogens with zero attached hydrogens (tertiary/aromatic N) is 1. The molecule has 0 saturated heterocycles. The second-order valence-electron chi connectivity index (χ2n) is 3.84. The van der Waals surface area contributed by atoms with Gasteiger partial charge in [0.1, 0.15) is 0 Å². The zero-order chi connectivity index (χ0) is 14.4. The Hall–Kier alpha value is -1.63. The average molecular weight is 278 g/mol. The Morgan fingerprint density at radius 2 is 2.05 bits per heavy atom. The van der Waals surface area contributed by atoms with Gasteiger partial charge in [-0.15, -0.1) is 0 Å². The highest BCUT2D eigenvalue weighted by molar-refractivity contribution is 5.69. The van der Waals surface area contributed by atoms with Crippen LogP contribution in [0.5, 0.6) is 5.75 Å². The highest BCUT2D eigenvalue weighted by atomic mass is 19.3. The average Bonchev–Trinajstić information content (AvgIpc) is 2.32. The van der Waals surface area contributed by atoms with Gasteiger partial charge in [-0.2, -0.15) is 8.78 Å². The lowest BCUT2D eigenvalue weighted by atomic mass is 10.2. The molecule has 0 aliphatic heterocycles. The van der Waals surface area contributed by atoms with Crippen molar-refractivity contribution in [3.05, 3.63) is 17.9 Å². The Kier molecular flexibility index (Phi) is 5.75. The second-order valence-corrected chi connectivity index (χ2v) is 3.84. The predicted molar refractivity (Wildman–Crippen MR) is 67.2 cm³/mol. The number of likely N-dealkylation sites (N-methyl/N-ethyl adjacent to an activating group) is 1. The third kappa shape index (κ3) is 4.51. The smallest absolute Gasteiger partial charge is 0.387 e. The van der Waals surface area contributed by atoms with E-state index in [4.69, 9.17) is 10.5 Å². The van der Waals surface area contributed by atoms with Crippen LogP contribution in [-0.2, 0) is 4.74 Å². The fraction of sp³-hybridized carbons (Fsp3) is 0.500. The first-order valence-electron chi connectivity index (χ1n) is 5.78. The molecule has 0 bridgehead atoms. The Balaban J connectivity index is 2.87. The van der Waals surface area contributed by atoms with Gasteiger partial charge in [0, 0.05) is 32.3 Å². The van der Waals surface area contributed by atoms with Crippen molar-refractivity contribution < 1.29 is 22.6 Å². The van der Waals surface area contributed by atoms with Crippen LogP contribution in [0, 0.1) is 5.82 Å². The van der Waals surface area contributed by atoms with Gasteiger partial charge in [0.15, 0.2) is 11.6 Å². The molecule has 0 heterocycles. The number of halogens is 3. The number of alkyl halides is 2. The molecule has 0 aliphatic rings. The molecule has 0 unspecified atom stereocenters. The van der Waals surface area contributed by atoms with Crippen LogP contribution in [-0.4, -0.2) is 33.4 Å². The molecule has 0 fully saturated rings. The Morgan fingerprint density at radius 3 is 2.63 bits per heavy atom. The van der Waals surface area contributed by atoms with Crippen LogP contribution in [0.4, 0.5) is 24.5 Å². The molecule has 2 N–H and O–H groups in total. The van der Waals surface area contributed by atoms with E-state index in [0.717, 1.165) is 12.1 Å². The maximum atomic E-state index is 13.4. The molecule has 19 heavy (non-hydrogen) atoms. The largest absolute Gasteiger partial charge is 0.432 e. The normalized spacial score (nSPS) is 10.8. The number of nitrogen functional groups attached to an aromatic ring is 1. The summed E-state index contributed by atoms with van der Waals surface area (Å²) in [4.78, 5) is 1.68. The molecule has 4 nitrogen and oxygen atoms in total. The van der Waals surface area contributed by atoms with Crippen LogP contribution < -0.4 is 15.4 Å². The Bertz CT molecular complexity index is 416. The molecule has 0 atom stereocenters. The standard InChI is InChI=1S/C12H17F3N2O2/c1-3-18-5-4-17(2)10-7-11(19-12(14)15)8(13)6-9(10)16/h6-7,12H,3-5,16H2,1-2H3. The molecule has 0 spiro atoms. The SMILES string of the molecule is CCOCCN(C)c1cc(OC(F)F)c(F)cc1N. The summed E-state index contributed by atoms with van der Waals surface area (Å²) in [6.45, 7) is 0.305. The summed E-state index contributed by atoms with van der Waals surface area (Å²) >= 11 is 0. The number of hydrogen-bond donors (Lipinski definition) is 1. The zero-order valence-corrected chi connectivity index (χ0v) is 10.8. The lowest BCUT2D eigenvalue weighted by molar-refractivity contribution is -0.0521. The molecule has 0 saturated carbocycles. The molecule has 0 amide bonds. The van der Waals surface area contributed by atoms with E-state index < -0.39 is 18.2 Å². The molecule has 108 valence electrons. The third-order valence-electron chi connectivity index (χ3n) is 2.48. The molecule has 1 rings (SSSR count). The summed E-state index contributed by atoms with van der Waals surface area (Å²) in [6.07, 6.45) is 0. The van der Waals surface area contributed by atoms with E-state index in [2.05, 4.69) is 4.74 Å². The monoisotopic (exact) mass is 278 g/mol. The maximum absolute atomic E-state index is 13.4. The topological polar surface area (TPSA) is 47.7 Å². The summed E-state index contributed by atoms with van der Waals surface area (Å²) in [5.74, 6) is -1.44. The van der Waals surface area contributed by atoms with Crippen LogP contribution >= 0.6 is 0 Å². The highest BCUT2D eigenvalue weighted by Gasteiger charge is 2.15. The van der Waals surface area contributed by atoms with Crippen molar-refractivity contribution in [2.45, 2.75) is 13.5 Å². The Labute approximate surface area is 109 Å². The van der Waals surface area contributed by atoms with Crippen molar-refractivity contribution in [3.8, 4) is 5.75 Å². The highest BCUT2D eigenvalue weighted by Crippen LogP contribution is 2.31. The summed E-state index contributed by atoms with van der Waals surface area (Å²) < 4.78 is 46.9. The fourth-order valence-electron chi connectivity index (χ4n) is 1.54. The molecule has 0 aromatic heterocycles. The minimum Gasteiger partial charge on any atom is -0.432 e. The van der Waals surface area contributed by atoms with Crippen LogP contribution in [0.3, 0.4) is 0 Å². The van der Waals surface area contributed by atoms with Crippen LogP contribution in [0.1, 0.15) is 6.92 Å².